The van der Waals surface area contributed by atoms with Crippen molar-refractivity contribution < 1.29 is 40.5 Å². The lowest BCUT2D eigenvalue weighted by Crippen LogP contribution is -2.43. The molecule has 0 fully saturated rings. The second-order valence-corrected chi connectivity index (χ2v) is 8.87. The fraction of sp³-hybridized carbons (Fsp3) is 0.217. The zero-order valence-electron chi connectivity index (χ0n) is 19.9. The molecule has 2 amide bonds. The van der Waals surface area contributed by atoms with Gasteiger partial charge in [0.15, 0.2) is 5.69 Å². The number of nitrogens with zero attached hydrogens (tertiary/aromatic N) is 3. The summed E-state index contributed by atoms with van der Waals surface area (Å²) in [7, 11) is -4.39. The molecule has 0 aliphatic heterocycles. The van der Waals surface area contributed by atoms with Crippen LogP contribution in [0.25, 0.3) is 16.9 Å². The summed E-state index contributed by atoms with van der Waals surface area (Å²) >= 11 is 0. The average Bonchev–Trinajstić information content (AvgIpc) is 3.34. The Kier molecular flexibility index (Phi) is 9.22. The summed E-state index contributed by atoms with van der Waals surface area (Å²) in [4.78, 5) is 26.6. The van der Waals surface area contributed by atoms with Crippen LogP contribution in [-0.4, -0.2) is 58.3 Å². The topological polar surface area (TPSA) is 166 Å². The van der Waals surface area contributed by atoms with Crippen LogP contribution in [0.2, 0.25) is 0 Å². The summed E-state index contributed by atoms with van der Waals surface area (Å²) in [6.45, 7) is 1.65. The number of nitrogens with one attached hydrogen (secondary N) is 1. The second-order valence-electron chi connectivity index (χ2n) is 7.33. The third kappa shape index (κ3) is 6.87. The number of pyridine rings is 1. The molecule has 0 saturated heterocycles. The van der Waals surface area contributed by atoms with E-state index in [0.717, 1.165) is 16.8 Å². The molecule has 3 rings (SSSR count). The maximum Gasteiger partial charge on any atom is 0.534 e. The van der Waals surface area contributed by atoms with E-state index in [1.807, 2.05) is 5.92 Å². The number of benzene rings is 1. The van der Waals surface area contributed by atoms with Crippen LogP contribution in [0.15, 0.2) is 54.9 Å². The van der Waals surface area contributed by atoms with Crippen molar-refractivity contribution in [3.8, 4) is 35.0 Å². The number of hydrogen-bond donors (Lipinski definition) is 3. The van der Waals surface area contributed by atoms with Gasteiger partial charge in [0.1, 0.15) is 5.75 Å². The molecule has 11 nitrogen and oxygen atoms in total. The lowest BCUT2D eigenvalue weighted by molar-refractivity contribution is -0.134. The van der Waals surface area contributed by atoms with Crippen LogP contribution in [0.3, 0.4) is 0 Å². The summed E-state index contributed by atoms with van der Waals surface area (Å²) in [6, 6.07) is 9.70. The number of terminal acetylenes is 1. The predicted octanol–water partition coefficient (Wildman–Crippen LogP) is 1.77. The van der Waals surface area contributed by atoms with E-state index in [4.69, 9.17) is 12.2 Å². The Hall–Kier alpha value is -4.42. The SMILES string of the molecule is C#CC(O)(CC)C(=O)NC.NC(=O)c1nn(-c2cccc(OS(=O)(=O)C(F)(F)F)c2)cc1-c1ccccn1. The molecule has 1 unspecified atom stereocenters. The van der Waals surface area contributed by atoms with Crippen molar-refractivity contribution in [2.45, 2.75) is 24.5 Å². The number of amides is 2. The molecule has 3 aromatic rings. The minimum Gasteiger partial charge on any atom is -0.376 e. The van der Waals surface area contributed by atoms with Crippen molar-refractivity contribution in [3.05, 3.63) is 60.6 Å². The Morgan fingerprint density at radius 1 is 1.24 bits per heavy atom. The van der Waals surface area contributed by atoms with Gasteiger partial charge in [-0.3, -0.25) is 14.6 Å². The normalized spacial score (nSPS) is 12.8. The zero-order chi connectivity index (χ0) is 28.7. The van der Waals surface area contributed by atoms with Crippen LogP contribution in [0.4, 0.5) is 13.2 Å². The molecule has 4 N–H and O–H groups in total. The van der Waals surface area contributed by atoms with Crippen molar-refractivity contribution in [2.24, 2.45) is 5.73 Å². The van der Waals surface area contributed by atoms with Gasteiger partial charge in [-0.15, -0.1) is 6.42 Å². The third-order valence-corrected chi connectivity index (χ3v) is 5.79. The third-order valence-electron chi connectivity index (χ3n) is 4.81. The van der Waals surface area contributed by atoms with E-state index < -0.39 is 38.8 Å². The second kappa shape index (κ2) is 11.8. The van der Waals surface area contributed by atoms with E-state index in [-0.39, 0.29) is 17.8 Å². The summed E-state index contributed by atoms with van der Waals surface area (Å²) in [5, 5.41) is 15.5. The van der Waals surface area contributed by atoms with Crippen molar-refractivity contribution in [2.75, 3.05) is 7.05 Å². The van der Waals surface area contributed by atoms with Crippen LogP contribution in [-0.2, 0) is 14.9 Å². The van der Waals surface area contributed by atoms with Crippen molar-refractivity contribution in [3.63, 3.8) is 0 Å². The van der Waals surface area contributed by atoms with Gasteiger partial charge in [-0.2, -0.15) is 26.7 Å². The number of primary amides is 1. The zero-order valence-corrected chi connectivity index (χ0v) is 20.7. The number of aromatic nitrogens is 3. The number of rotatable bonds is 7. The molecule has 0 radical (unpaired) electrons. The summed E-state index contributed by atoms with van der Waals surface area (Å²) in [5.41, 5.74) is -1.15. The first-order valence-electron chi connectivity index (χ1n) is 10.5. The van der Waals surface area contributed by atoms with Gasteiger partial charge in [-0.05, 0) is 30.7 Å². The van der Waals surface area contributed by atoms with Crippen LogP contribution >= 0.6 is 0 Å². The fourth-order valence-electron chi connectivity index (χ4n) is 2.78. The Balaban J connectivity index is 0.000000432. The van der Waals surface area contributed by atoms with Gasteiger partial charge in [-0.25, -0.2) is 4.68 Å². The van der Waals surface area contributed by atoms with E-state index in [9.17, 15) is 36.3 Å². The van der Waals surface area contributed by atoms with Crippen molar-refractivity contribution in [1.82, 2.24) is 20.1 Å². The van der Waals surface area contributed by atoms with Gasteiger partial charge in [-0.1, -0.05) is 25.0 Å². The Morgan fingerprint density at radius 2 is 1.92 bits per heavy atom. The number of hydrogen-bond acceptors (Lipinski definition) is 8. The molecule has 0 aliphatic carbocycles. The Bertz CT molecular complexity index is 1450. The van der Waals surface area contributed by atoms with Gasteiger partial charge >= 0.3 is 15.6 Å². The first kappa shape index (κ1) is 29.8. The maximum atomic E-state index is 12.5. The first-order chi connectivity index (χ1) is 17.7. The molecule has 0 saturated carbocycles. The highest BCUT2D eigenvalue weighted by Gasteiger charge is 2.48. The molecular weight excluding hydrogens is 531 g/mol. The van der Waals surface area contributed by atoms with Gasteiger partial charge < -0.3 is 20.3 Å². The first-order valence-corrected chi connectivity index (χ1v) is 11.9. The predicted molar refractivity (Wildman–Crippen MR) is 129 cm³/mol. The molecular formula is C23H22F3N5O6S. The van der Waals surface area contributed by atoms with E-state index in [0.29, 0.717) is 11.3 Å². The lowest BCUT2D eigenvalue weighted by atomic mass is 10.0. The van der Waals surface area contributed by atoms with Crippen LogP contribution in [0.1, 0.15) is 23.8 Å². The quantitative estimate of drug-likeness (QED) is 0.226. The van der Waals surface area contributed by atoms with Gasteiger partial charge in [0.2, 0.25) is 5.60 Å². The van der Waals surface area contributed by atoms with Gasteiger partial charge in [0.05, 0.1) is 16.9 Å². The monoisotopic (exact) mass is 553 g/mol. The molecule has 2 heterocycles. The highest BCUT2D eigenvalue weighted by Crippen LogP contribution is 2.28. The number of aliphatic hydroxyl groups is 1. The molecule has 0 bridgehead atoms. The molecule has 0 spiro atoms. The number of carbonyl (C=O) groups is 2. The molecule has 0 aliphatic rings. The summed E-state index contributed by atoms with van der Waals surface area (Å²) in [6.07, 6.45) is 8.04. The number of likely N-dealkylation sites (N-methyl/N-ethyl adjacent to an activating group) is 1. The number of alkyl halides is 3. The average molecular weight is 554 g/mol. The van der Waals surface area contributed by atoms with Gasteiger partial charge in [0.25, 0.3) is 11.8 Å². The molecule has 202 valence electrons. The van der Waals surface area contributed by atoms with Gasteiger partial charge in [0, 0.05) is 25.5 Å². The highest BCUT2D eigenvalue weighted by atomic mass is 32.2. The maximum absolute atomic E-state index is 12.5. The van der Waals surface area contributed by atoms with E-state index in [1.165, 1.54) is 31.6 Å². The molecule has 2 aromatic heterocycles. The lowest BCUT2D eigenvalue weighted by Gasteiger charge is -2.16. The van der Waals surface area contributed by atoms with Crippen LogP contribution in [0, 0.1) is 12.3 Å². The minimum absolute atomic E-state index is 0.118. The van der Waals surface area contributed by atoms with Crippen molar-refractivity contribution in [1.29, 1.82) is 0 Å². The van der Waals surface area contributed by atoms with Crippen LogP contribution < -0.4 is 15.2 Å². The number of halogens is 3. The van der Waals surface area contributed by atoms with E-state index in [2.05, 4.69) is 19.6 Å². The highest BCUT2D eigenvalue weighted by molar-refractivity contribution is 7.88. The van der Waals surface area contributed by atoms with Crippen LogP contribution in [0.5, 0.6) is 5.75 Å². The summed E-state index contributed by atoms with van der Waals surface area (Å²) in [5.74, 6) is 0.0726. The minimum atomic E-state index is -5.82. The smallest absolute Gasteiger partial charge is 0.376 e. The number of nitrogens with two attached hydrogens (primary N) is 1. The number of carbonyl (C=O) groups excluding carboxylic acids is 2. The van der Waals surface area contributed by atoms with Crippen molar-refractivity contribution >= 4 is 21.9 Å². The standard InChI is InChI=1S/C16H11F3N4O4S.C7H11NO2/c17-16(18,19)28(25,26)27-11-5-3-4-10(8-11)23-9-12(14(22-23)15(20)24)13-6-1-2-7-21-13;1-4-7(10,5-2)6(9)8-3/h1-9H,(H2,20,24);1,10H,5H2,2-3H3,(H,8,9). The Labute approximate surface area is 215 Å². The molecule has 1 atom stereocenters. The molecule has 15 heteroatoms. The molecule has 38 heavy (non-hydrogen) atoms. The fourth-order valence-corrected chi connectivity index (χ4v) is 3.24. The van der Waals surface area contributed by atoms with E-state index in [1.54, 1.807) is 25.1 Å². The summed E-state index contributed by atoms with van der Waals surface area (Å²) < 4.78 is 65.0. The molecule has 1 aromatic carbocycles. The largest absolute Gasteiger partial charge is 0.534 e. The Morgan fingerprint density at radius 3 is 2.39 bits per heavy atom. The van der Waals surface area contributed by atoms with E-state index >= 15 is 0 Å².